The Hall–Kier alpha value is -3.16. The van der Waals surface area contributed by atoms with Crippen LogP contribution in [-0.4, -0.2) is 48.9 Å². The quantitative estimate of drug-likeness (QED) is 0.562. The second-order valence-electron chi connectivity index (χ2n) is 7.27. The van der Waals surface area contributed by atoms with Gasteiger partial charge in [-0.25, -0.2) is 9.37 Å². The predicted molar refractivity (Wildman–Crippen MR) is 114 cm³/mol. The molecule has 1 aromatic heterocycles. The number of piperidine rings is 1. The zero-order valence-electron chi connectivity index (χ0n) is 17.4. The molecule has 0 saturated carbocycles. The molecule has 1 fully saturated rings. The molecule has 2 N–H and O–H groups in total. The van der Waals surface area contributed by atoms with Gasteiger partial charge in [-0.15, -0.1) is 0 Å². The van der Waals surface area contributed by atoms with Crippen molar-refractivity contribution in [3.63, 3.8) is 0 Å². The highest BCUT2D eigenvalue weighted by Crippen LogP contribution is 2.21. The van der Waals surface area contributed by atoms with Crippen LogP contribution in [0.5, 0.6) is 11.6 Å². The largest absolute Gasteiger partial charge is 0.439 e. The van der Waals surface area contributed by atoms with Crippen LogP contribution >= 0.6 is 0 Å². The predicted octanol–water partition coefficient (Wildman–Crippen LogP) is 2.94. The number of carbonyl (C=O) groups is 1. The Balaban J connectivity index is 1.47. The van der Waals surface area contributed by atoms with Gasteiger partial charge >= 0.3 is 0 Å². The molecule has 0 atom stereocenters. The third-order valence-electron chi connectivity index (χ3n) is 5.16. The number of aromatic nitrogens is 1. The summed E-state index contributed by atoms with van der Waals surface area (Å²) in [6, 6.07) is 9.54. The number of amides is 1. The van der Waals surface area contributed by atoms with Crippen LogP contribution in [0.25, 0.3) is 0 Å². The normalized spacial score (nSPS) is 15.0. The van der Waals surface area contributed by atoms with Gasteiger partial charge in [-0.2, -0.15) is 0 Å². The average Bonchev–Trinajstić information content (AvgIpc) is 2.78. The maximum atomic E-state index is 13.0. The molecule has 160 valence electrons. The van der Waals surface area contributed by atoms with Crippen LogP contribution in [0.1, 0.15) is 24.8 Å². The molecule has 0 spiro atoms. The van der Waals surface area contributed by atoms with E-state index in [1.807, 2.05) is 6.07 Å². The molecule has 1 aliphatic rings. The van der Waals surface area contributed by atoms with E-state index in [-0.39, 0.29) is 11.7 Å². The van der Waals surface area contributed by atoms with Crippen molar-refractivity contribution in [1.82, 2.24) is 20.5 Å². The number of hydrogen-bond acceptors (Lipinski definition) is 4. The highest BCUT2D eigenvalue weighted by molar-refractivity contribution is 5.80. The summed E-state index contributed by atoms with van der Waals surface area (Å²) in [6.07, 6.45) is 4.29. The molecule has 0 aliphatic carbocycles. The van der Waals surface area contributed by atoms with E-state index in [0.717, 1.165) is 37.5 Å². The van der Waals surface area contributed by atoms with E-state index in [1.165, 1.54) is 12.1 Å². The van der Waals surface area contributed by atoms with Crippen molar-refractivity contribution in [2.75, 3.05) is 27.2 Å². The minimum absolute atomic E-state index is 0.107. The molecule has 1 aromatic carbocycles. The van der Waals surface area contributed by atoms with E-state index < -0.39 is 0 Å². The Bertz CT molecular complexity index is 847. The summed E-state index contributed by atoms with van der Waals surface area (Å²) in [4.78, 5) is 22.5. The molecule has 2 aromatic rings. The number of nitrogens with zero attached hydrogens (tertiary/aromatic N) is 3. The monoisotopic (exact) mass is 413 g/mol. The molecule has 0 unspecified atom stereocenters. The van der Waals surface area contributed by atoms with Gasteiger partial charge in [0.15, 0.2) is 5.96 Å². The van der Waals surface area contributed by atoms with Gasteiger partial charge in [-0.1, -0.05) is 6.07 Å². The van der Waals surface area contributed by atoms with Gasteiger partial charge in [0.1, 0.15) is 11.6 Å². The number of hydrogen-bond donors (Lipinski definition) is 2. The molecule has 1 saturated heterocycles. The summed E-state index contributed by atoms with van der Waals surface area (Å²) in [5.41, 5.74) is 0.997. The molecule has 7 nitrogen and oxygen atoms in total. The van der Waals surface area contributed by atoms with Gasteiger partial charge < -0.3 is 20.3 Å². The summed E-state index contributed by atoms with van der Waals surface area (Å²) in [6.45, 7) is 2.35. The van der Waals surface area contributed by atoms with Crippen LogP contribution in [0.3, 0.4) is 0 Å². The molecule has 0 bridgehead atoms. The Morgan fingerprint density at radius 3 is 2.57 bits per heavy atom. The minimum atomic E-state index is -0.305. The lowest BCUT2D eigenvalue weighted by Gasteiger charge is -2.34. The van der Waals surface area contributed by atoms with Crippen molar-refractivity contribution in [2.24, 2.45) is 10.9 Å². The second-order valence-corrected chi connectivity index (χ2v) is 7.27. The zero-order valence-corrected chi connectivity index (χ0v) is 17.4. The number of guanidine groups is 1. The number of likely N-dealkylation sites (tertiary alicyclic amines) is 1. The maximum Gasteiger partial charge on any atom is 0.220 e. The Kier molecular flexibility index (Phi) is 7.59. The van der Waals surface area contributed by atoms with Crippen molar-refractivity contribution in [3.8, 4) is 11.6 Å². The molecule has 8 heteroatoms. The third kappa shape index (κ3) is 6.17. The van der Waals surface area contributed by atoms with Crippen molar-refractivity contribution >= 4 is 11.9 Å². The lowest BCUT2D eigenvalue weighted by atomic mass is 9.93. The first-order chi connectivity index (χ1) is 14.6. The van der Waals surface area contributed by atoms with Gasteiger partial charge in [0.25, 0.3) is 0 Å². The summed E-state index contributed by atoms with van der Waals surface area (Å²) in [5.74, 6) is 2.07. The molecule has 30 heavy (non-hydrogen) atoms. The number of ether oxygens (including phenoxy) is 1. The number of aliphatic imine (C=N–C) groups is 1. The van der Waals surface area contributed by atoms with E-state index in [0.29, 0.717) is 30.5 Å². The molecular formula is C22H28FN5O2. The van der Waals surface area contributed by atoms with Crippen molar-refractivity contribution in [3.05, 3.63) is 54.0 Å². The Morgan fingerprint density at radius 2 is 1.97 bits per heavy atom. The first kappa shape index (κ1) is 21.5. The van der Waals surface area contributed by atoms with E-state index in [1.54, 1.807) is 38.5 Å². The lowest BCUT2D eigenvalue weighted by molar-refractivity contribution is -0.121. The second kappa shape index (κ2) is 10.6. The van der Waals surface area contributed by atoms with Crippen LogP contribution in [-0.2, 0) is 11.3 Å². The fourth-order valence-corrected chi connectivity index (χ4v) is 3.43. The van der Waals surface area contributed by atoms with E-state index in [4.69, 9.17) is 4.74 Å². The van der Waals surface area contributed by atoms with Gasteiger partial charge in [0.2, 0.25) is 11.8 Å². The average molecular weight is 413 g/mol. The maximum absolute atomic E-state index is 13.0. The van der Waals surface area contributed by atoms with Crippen LogP contribution in [0, 0.1) is 11.7 Å². The topological polar surface area (TPSA) is 78.9 Å². The van der Waals surface area contributed by atoms with Crippen LogP contribution < -0.4 is 15.4 Å². The zero-order chi connectivity index (χ0) is 21.3. The molecule has 1 amide bonds. The molecule has 0 radical (unpaired) electrons. The lowest BCUT2D eigenvalue weighted by Crippen LogP contribution is -2.45. The van der Waals surface area contributed by atoms with Crippen molar-refractivity contribution in [1.29, 1.82) is 0 Å². The SMILES string of the molecule is CN=C(NCc1ccc(Oc2ccc(F)cc2)nc1)N1CCC(CC(=O)NC)CC1. The first-order valence-corrected chi connectivity index (χ1v) is 10.1. The fraction of sp³-hybridized carbons (Fsp3) is 0.409. The third-order valence-corrected chi connectivity index (χ3v) is 5.16. The van der Waals surface area contributed by atoms with Crippen LogP contribution in [0.15, 0.2) is 47.6 Å². The Labute approximate surface area is 176 Å². The van der Waals surface area contributed by atoms with Gasteiger partial charge in [-0.05, 0) is 48.6 Å². The van der Waals surface area contributed by atoms with Crippen LogP contribution in [0.2, 0.25) is 0 Å². The van der Waals surface area contributed by atoms with Gasteiger partial charge in [0.05, 0.1) is 0 Å². The summed E-state index contributed by atoms with van der Waals surface area (Å²) in [7, 11) is 3.45. The van der Waals surface area contributed by atoms with Crippen molar-refractivity contribution in [2.45, 2.75) is 25.8 Å². The highest BCUT2D eigenvalue weighted by Gasteiger charge is 2.23. The summed E-state index contributed by atoms with van der Waals surface area (Å²) < 4.78 is 18.6. The number of halogens is 1. The molecule has 3 rings (SSSR count). The van der Waals surface area contributed by atoms with E-state index >= 15 is 0 Å². The minimum Gasteiger partial charge on any atom is -0.439 e. The Morgan fingerprint density at radius 1 is 1.23 bits per heavy atom. The smallest absolute Gasteiger partial charge is 0.220 e. The standard InChI is InChI=1S/C22H28FN5O2/c1-24-20(29)13-16-9-11-28(12-10-16)22(25-2)27-15-17-3-8-21(26-14-17)30-19-6-4-18(23)5-7-19/h3-8,14,16H,9-13,15H2,1-2H3,(H,24,29)(H,25,27). The van der Waals surface area contributed by atoms with Gasteiger partial charge in [0, 0.05) is 52.4 Å². The summed E-state index contributed by atoms with van der Waals surface area (Å²) >= 11 is 0. The number of nitrogens with one attached hydrogen (secondary N) is 2. The number of pyridine rings is 1. The van der Waals surface area contributed by atoms with Crippen molar-refractivity contribution < 1.29 is 13.9 Å². The summed E-state index contributed by atoms with van der Waals surface area (Å²) in [5, 5.41) is 6.07. The highest BCUT2D eigenvalue weighted by atomic mass is 19.1. The number of benzene rings is 1. The number of rotatable bonds is 6. The number of carbonyl (C=O) groups excluding carboxylic acids is 1. The molecule has 2 heterocycles. The van der Waals surface area contributed by atoms with Crippen LogP contribution in [0.4, 0.5) is 4.39 Å². The van der Waals surface area contributed by atoms with E-state index in [9.17, 15) is 9.18 Å². The first-order valence-electron chi connectivity index (χ1n) is 10.1. The van der Waals surface area contributed by atoms with Gasteiger partial charge in [-0.3, -0.25) is 9.79 Å². The molecule has 1 aliphatic heterocycles. The van der Waals surface area contributed by atoms with E-state index in [2.05, 4.69) is 25.5 Å². The molecular weight excluding hydrogens is 385 g/mol. The fourth-order valence-electron chi connectivity index (χ4n) is 3.43.